The Hall–Kier alpha value is -1.72. The number of hydrogen-bond acceptors (Lipinski definition) is 5. The highest BCUT2D eigenvalue weighted by molar-refractivity contribution is 6.01. The maximum atomic E-state index is 12.1. The molecule has 0 fully saturated rings. The maximum Gasteiger partial charge on any atom is 0.308 e. The zero-order chi connectivity index (χ0) is 15.3. The van der Waals surface area contributed by atoms with E-state index in [-0.39, 0.29) is 18.8 Å². The standard InChI is InChI=1S/C15H21NO4/c1-15(2,3)20-13(18)8-12(16)14(19)11-6-4-10(9-17)5-7-11/h4-7,12,17H,8-9,16H2,1-3H3/t12-/m1/s1. The Morgan fingerprint density at radius 2 is 1.80 bits per heavy atom. The molecule has 0 radical (unpaired) electrons. The number of esters is 1. The van der Waals surface area contributed by atoms with Crippen molar-refractivity contribution in [3.8, 4) is 0 Å². The van der Waals surface area contributed by atoms with Crippen LogP contribution in [0.3, 0.4) is 0 Å². The monoisotopic (exact) mass is 279 g/mol. The molecule has 3 N–H and O–H groups in total. The van der Waals surface area contributed by atoms with Crippen molar-refractivity contribution >= 4 is 11.8 Å². The predicted octanol–water partition coefficient (Wildman–Crippen LogP) is 1.42. The van der Waals surface area contributed by atoms with Crippen molar-refractivity contribution in [2.45, 2.75) is 45.4 Å². The predicted molar refractivity (Wildman–Crippen MR) is 75.1 cm³/mol. The minimum absolute atomic E-state index is 0.0849. The number of aliphatic hydroxyl groups is 1. The summed E-state index contributed by atoms with van der Waals surface area (Å²) in [5.41, 5.74) is 6.27. The number of ketones is 1. The molecule has 0 saturated heterocycles. The van der Waals surface area contributed by atoms with Crippen LogP contribution in [0.4, 0.5) is 0 Å². The lowest BCUT2D eigenvalue weighted by Crippen LogP contribution is -2.35. The Balaban J connectivity index is 2.64. The highest BCUT2D eigenvalue weighted by Gasteiger charge is 2.23. The summed E-state index contributed by atoms with van der Waals surface area (Å²) in [4.78, 5) is 23.7. The second kappa shape index (κ2) is 6.63. The smallest absolute Gasteiger partial charge is 0.308 e. The first-order valence-corrected chi connectivity index (χ1v) is 6.44. The summed E-state index contributed by atoms with van der Waals surface area (Å²) >= 11 is 0. The van der Waals surface area contributed by atoms with Gasteiger partial charge < -0.3 is 15.6 Å². The Bertz CT molecular complexity index is 474. The van der Waals surface area contributed by atoms with Gasteiger partial charge in [-0.2, -0.15) is 0 Å². The van der Waals surface area contributed by atoms with Crippen LogP contribution >= 0.6 is 0 Å². The first-order valence-electron chi connectivity index (χ1n) is 6.44. The molecule has 1 rings (SSSR count). The van der Waals surface area contributed by atoms with E-state index < -0.39 is 17.6 Å². The van der Waals surface area contributed by atoms with E-state index in [2.05, 4.69) is 0 Å². The molecule has 0 amide bonds. The summed E-state index contributed by atoms with van der Waals surface area (Å²) in [6, 6.07) is 5.54. The van der Waals surface area contributed by atoms with Crippen LogP contribution in [0.15, 0.2) is 24.3 Å². The van der Waals surface area contributed by atoms with Gasteiger partial charge in [0.1, 0.15) is 5.60 Å². The number of rotatable bonds is 5. The van der Waals surface area contributed by atoms with E-state index in [0.717, 1.165) is 0 Å². The molecular formula is C15H21NO4. The minimum Gasteiger partial charge on any atom is -0.460 e. The molecule has 0 aromatic heterocycles. The van der Waals surface area contributed by atoms with Gasteiger partial charge >= 0.3 is 5.97 Å². The van der Waals surface area contributed by atoms with Gasteiger partial charge in [-0.15, -0.1) is 0 Å². The second-order valence-electron chi connectivity index (χ2n) is 5.62. The third-order valence-corrected chi connectivity index (χ3v) is 2.56. The van der Waals surface area contributed by atoms with Gasteiger partial charge in [0.05, 0.1) is 19.1 Å². The molecule has 0 aliphatic rings. The molecule has 0 aliphatic carbocycles. The lowest BCUT2D eigenvalue weighted by Gasteiger charge is -2.20. The van der Waals surface area contributed by atoms with E-state index in [4.69, 9.17) is 15.6 Å². The number of nitrogens with two attached hydrogens (primary N) is 1. The summed E-state index contributed by atoms with van der Waals surface area (Å²) < 4.78 is 5.13. The van der Waals surface area contributed by atoms with Crippen molar-refractivity contribution in [1.29, 1.82) is 0 Å². The van der Waals surface area contributed by atoms with Crippen LogP contribution in [0.5, 0.6) is 0 Å². The molecule has 1 aromatic carbocycles. The molecule has 5 heteroatoms. The molecule has 0 unspecified atom stereocenters. The van der Waals surface area contributed by atoms with E-state index >= 15 is 0 Å². The number of Topliss-reactive ketones (excluding diaryl/α,β-unsaturated/α-hetero) is 1. The number of hydrogen-bond donors (Lipinski definition) is 2. The fourth-order valence-electron chi connectivity index (χ4n) is 1.64. The number of aliphatic hydroxyl groups excluding tert-OH is 1. The zero-order valence-electron chi connectivity index (χ0n) is 12.1. The third-order valence-electron chi connectivity index (χ3n) is 2.56. The molecular weight excluding hydrogens is 258 g/mol. The fourth-order valence-corrected chi connectivity index (χ4v) is 1.64. The maximum absolute atomic E-state index is 12.1. The summed E-state index contributed by atoms with van der Waals surface area (Å²) in [5, 5.41) is 8.93. The molecule has 0 aliphatic heterocycles. The Labute approximate surface area is 118 Å². The van der Waals surface area contributed by atoms with Crippen LogP contribution < -0.4 is 5.73 Å². The molecule has 5 nitrogen and oxygen atoms in total. The molecule has 1 atom stereocenters. The molecule has 20 heavy (non-hydrogen) atoms. The minimum atomic E-state index is -0.926. The summed E-state index contributed by atoms with van der Waals surface area (Å²) in [7, 11) is 0. The highest BCUT2D eigenvalue weighted by Crippen LogP contribution is 2.12. The third kappa shape index (κ3) is 5.11. The van der Waals surface area contributed by atoms with Gasteiger partial charge in [-0.05, 0) is 26.3 Å². The van der Waals surface area contributed by atoms with Crippen LogP contribution in [0.1, 0.15) is 43.1 Å². The topological polar surface area (TPSA) is 89.6 Å². The average Bonchev–Trinajstić information content (AvgIpc) is 2.35. The van der Waals surface area contributed by atoms with Crippen LogP contribution in [0.25, 0.3) is 0 Å². The molecule has 0 bridgehead atoms. The number of benzene rings is 1. The average molecular weight is 279 g/mol. The van der Waals surface area contributed by atoms with Gasteiger partial charge in [0.15, 0.2) is 5.78 Å². The van der Waals surface area contributed by atoms with Crippen molar-refractivity contribution in [3.63, 3.8) is 0 Å². The highest BCUT2D eigenvalue weighted by atomic mass is 16.6. The van der Waals surface area contributed by atoms with Crippen molar-refractivity contribution in [1.82, 2.24) is 0 Å². The molecule has 0 saturated carbocycles. The van der Waals surface area contributed by atoms with Gasteiger partial charge in [0, 0.05) is 5.56 Å². The number of carbonyl (C=O) groups is 2. The zero-order valence-corrected chi connectivity index (χ0v) is 12.1. The van der Waals surface area contributed by atoms with Crippen LogP contribution in [-0.2, 0) is 16.1 Å². The van der Waals surface area contributed by atoms with Crippen molar-refractivity contribution in [2.75, 3.05) is 0 Å². The summed E-state index contributed by atoms with van der Waals surface area (Å²) in [6.07, 6.45) is -0.155. The molecule has 110 valence electrons. The Morgan fingerprint density at radius 3 is 2.25 bits per heavy atom. The molecule has 0 spiro atoms. The van der Waals surface area contributed by atoms with Crippen LogP contribution in [-0.4, -0.2) is 28.5 Å². The quantitative estimate of drug-likeness (QED) is 0.628. The van der Waals surface area contributed by atoms with Gasteiger partial charge in [-0.3, -0.25) is 9.59 Å². The van der Waals surface area contributed by atoms with E-state index in [9.17, 15) is 9.59 Å². The first-order chi connectivity index (χ1) is 9.23. The van der Waals surface area contributed by atoms with Gasteiger partial charge in [0.2, 0.25) is 0 Å². The van der Waals surface area contributed by atoms with E-state index in [1.54, 1.807) is 45.0 Å². The lowest BCUT2D eigenvalue weighted by molar-refractivity contribution is -0.154. The Kier molecular flexibility index (Phi) is 5.42. The SMILES string of the molecule is CC(C)(C)OC(=O)C[C@@H](N)C(=O)c1ccc(CO)cc1. The fraction of sp³-hybridized carbons (Fsp3) is 0.467. The van der Waals surface area contributed by atoms with E-state index in [1.807, 2.05) is 0 Å². The Morgan fingerprint density at radius 1 is 1.25 bits per heavy atom. The largest absolute Gasteiger partial charge is 0.460 e. The number of ether oxygens (including phenoxy) is 1. The van der Waals surface area contributed by atoms with Gasteiger partial charge in [-0.25, -0.2) is 0 Å². The van der Waals surface area contributed by atoms with Gasteiger partial charge in [0.25, 0.3) is 0 Å². The summed E-state index contributed by atoms with van der Waals surface area (Å²) in [5.74, 6) is -0.814. The molecule has 1 aromatic rings. The van der Waals surface area contributed by atoms with Crippen LogP contribution in [0, 0.1) is 0 Å². The lowest BCUT2D eigenvalue weighted by atomic mass is 10.0. The van der Waals surface area contributed by atoms with E-state index in [1.165, 1.54) is 0 Å². The second-order valence-corrected chi connectivity index (χ2v) is 5.62. The van der Waals surface area contributed by atoms with Crippen LogP contribution in [0.2, 0.25) is 0 Å². The van der Waals surface area contributed by atoms with Crippen molar-refractivity contribution in [2.24, 2.45) is 5.73 Å². The normalized spacial score (nSPS) is 12.8. The van der Waals surface area contributed by atoms with Gasteiger partial charge in [-0.1, -0.05) is 24.3 Å². The van der Waals surface area contributed by atoms with Crippen molar-refractivity contribution < 1.29 is 19.4 Å². The summed E-state index contributed by atoms with van der Waals surface area (Å²) in [6.45, 7) is 5.18. The number of carbonyl (C=O) groups excluding carboxylic acids is 2. The van der Waals surface area contributed by atoms with E-state index in [0.29, 0.717) is 11.1 Å². The molecule has 0 heterocycles. The van der Waals surface area contributed by atoms with Crippen molar-refractivity contribution in [3.05, 3.63) is 35.4 Å². The first kappa shape index (κ1) is 16.3.